The molecular formula is C8H18CoN4O4-3. The summed E-state index contributed by atoms with van der Waals surface area (Å²) in [5.74, 6) is -2.28. The molecule has 0 aliphatic carbocycles. The molecule has 0 unspecified atom stereocenters. The first-order valence-electron chi connectivity index (χ1n) is 3.22. The van der Waals surface area contributed by atoms with Crippen molar-refractivity contribution in [2.75, 3.05) is 0 Å². The maximum Gasteiger partial charge on any atom is 3.00 e. The molecule has 0 fully saturated rings. The van der Waals surface area contributed by atoms with E-state index in [1.807, 2.05) is 0 Å². The van der Waals surface area contributed by atoms with Crippen molar-refractivity contribution in [3.05, 3.63) is 48.9 Å². The van der Waals surface area contributed by atoms with E-state index in [4.69, 9.17) is 0 Å². The molecule has 0 rings (SSSR count). The maximum absolute atomic E-state index is 9.40. The third-order valence-electron chi connectivity index (χ3n) is 0.605. The van der Waals surface area contributed by atoms with Gasteiger partial charge in [-0.1, -0.05) is 12.2 Å². The van der Waals surface area contributed by atoms with E-state index >= 15 is 0 Å². The molecule has 0 heterocycles. The Hall–Kier alpha value is -1.23. The second kappa shape index (κ2) is 36.4. The summed E-state index contributed by atoms with van der Waals surface area (Å²) in [6.07, 6.45) is 4.77. The van der Waals surface area contributed by atoms with Crippen LogP contribution in [0.15, 0.2) is 24.3 Å². The number of hydrogen-bond acceptors (Lipinski definition) is 4. The van der Waals surface area contributed by atoms with Crippen molar-refractivity contribution in [1.82, 2.24) is 0 Å². The zero-order valence-electron chi connectivity index (χ0n) is 9.59. The fraction of sp³-hybridized carbons (Fsp3) is 0.250. The van der Waals surface area contributed by atoms with Crippen molar-refractivity contribution >= 4 is 11.9 Å². The second-order valence-electron chi connectivity index (χ2n) is 1.64. The van der Waals surface area contributed by atoms with Gasteiger partial charge >= 0.3 is 16.8 Å². The van der Waals surface area contributed by atoms with Crippen molar-refractivity contribution in [1.29, 1.82) is 0 Å². The minimum Gasteiger partial charge on any atom is -0.693 e. The van der Waals surface area contributed by atoms with E-state index in [9.17, 15) is 19.8 Å². The van der Waals surface area contributed by atoms with Gasteiger partial charge in [0.25, 0.3) is 0 Å². The molecule has 0 aromatic carbocycles. The molecule has 0 radical (unpaired) electrons. The fourth-order valence-electron chi connectivity index (χ4n) is 0.272. The first kappa shape index (κ1) is 44.7. The van der Waals surface area contributed by atoms with E-state index in [0.717, 1.165) is 12.2 Å². The summed E-state index contributed by atoms with van der Waals surface area (Å²) >= 11 is 0. The first-order chi connectivity index (χ1) is 5.54. The molecule has 0 aliphatic rings. The Morgan fingerprint density at radius 1 is 0.765 bits per heavy atom. The number of nitrogens with two attached hydrogens (primary N) is 4. The topological polar surface area (TPSA) is 214 Å². The monoisotopic (exact) mass is 293 g/mol. The molecule has 17 heavy (non-hydrogen) atoms. The van der Waals surface area contributed by atoms with Gasteiger partial charge < -0.3 is 44.4 Å². The Bertz CT molecular complexity index is 188. The number of carboxylic acid groups (broad SMARTS) is 2. The average molecular weight is 293 g/mol. The Morgan fingerprint density at radius 3 is 0.941 bits per heavy atom. The number of rotatable bonds is 2. The summed E-state index contributed by atoms with van der Waals surface area (Å²) in [5.41, 5.74) is 0. The molecule has 8 N–H and O–H groups in total. The van der Waals surface area contributed by atoms with E-state index in [0.29, 0.717) is 0 Å². The molecule has 0 saturated heterocycles. The van der Waals surface area contributed by atoms with E-state index in [-0.39, 0.29) is 41.4 Å². The molecule has 106 valence electrons. The van der Waals surface area contributed by atoms with E-state index in [2.05, 4.69) is 0 Å². The van der Waals surface area contributed by atoms with Gasteiger partial charge in [0, 0.05) is 0 Å². The number of carbonyl (C=O) groups excluding carboxylic acids is 2. The van der Waals surface area contributed by atoms with Crippen molar-refractivity contribution in [2.45, 2.75) is 13.8 Å². The molecular weight excluding hydrogens is 275 g/mol. The molecule has 0 bridgehead atoms. The van der Waals surface area contributed by atoms with Crippen molar-refractivity contribution in [3.8, 4) is 0 Å². The maximum atomic E-state index is 9.40. The van der Waals surface area contributed by atoms with E-state index in [1.165, 1.54) is 12.2 Å². The summed E-state index contributed by atoms with van der Waals surface area (Å²) in [7, 11) is 0. The number of carboxylic acids is 2. The zero-order valence-corrected chi connectivity index (χ0v) is 10.6. The summed E-state index contributed by atoms with van der Waals surface area (Å²) in [6.45, 7) is 3.24. The Labute approximate surface area is 112 Å². The van der Waals surface area contributed by atoms with Crippen LogP contribution in [0.3, 0.4) is 0 Å². The molecule has 0 saturated carbocycles. The zero-order chi connectivity index (χ0) is 9.98. The van der Waals surface area contributed by atoms with Crippen LogP contribution in [0.25, 0.3) is 24.6 Å². The normalized spacial score (nSPS) is 6.71. The predicted octanol–water partition coefficient (Wildman–Crippen LogP) is 1.49. The van der Waals surface area contributed by atoms with Crippen LogP contribution in [0.2, 0.25) is 0 Å². The van der Waals surface area contributed by atoms with E-state index < -0.39 is 11.9 Å². The quantitative estimate of drug-likeness (QED) is 0.690. The third kappa shape index (κ3) is 106. The van der Waals surface area contributed by atoms with Crippen LogP contribution in [-0.4, -0.2) is 11.9 Å². The SMILES string of the molecule is CC=CC(=O)[O-].CC=CC(=O)[O-].[Co+3].[NH2-].[NH2-].[NH2-].[NH2-]. The van der Waals surface area contributed by atoms with Crippen molar-refractivity contribution < 1.29 is 36.6 Å². The minimum atomic E-state index is -1.14. The van der Waals surface area contributed by atoms with Gasteiger partial charge in [-0.25, -0.2) is 0 Å². The van der Waals surface area contributed by atoms with Gasteiger partial charge in [-0.05, 0) is 26.0 Å². The molecule has 0 aromatic heterocycles. The van der Waals surface area contributed by atoms with Gasteiger partial charge in [-0.15, -0.1) is 0 Å². The molecule has 0 aromatic rings. The van der Waals surface area contributed by atoms with Crippen LogP contribution in [0, 0.1) is 0 Å². The number of aliphatic carboxylic acids is 2. The number of allylic oxidation sites excluding steroid dienone is 2. The van der Waals surface area contributed by atoms with Gasteiger partial charge in [0.1, 0.15) is 0 Å². The van der Waals surface area contributed by atoms with Gasteiger partial charge in [-0.2, -0.15) is 0 Å². The number of hydrogen-bond donors (Lipinski definition) is 0. The third-order valence-corrected chi connectivity index (χ3v) is 0.605. The molecule has 9 heteroatoms. The molecule has 0 atom stereocenters. The molecule has 0 aliphatic heterocycles. The van der Waals surface area contributed by atoms with Crippen LogP contribution in [0.5, 0.6) is 0 Å². The Morgan fingerprint density at radius 2 is 0.941 bits per heavy atom. The van der Waals surface area contributed by atoms with Gasteiger partial charge in [0.2, 0.25) is 0 Å². The van der Waals surface area contributed by atoms with Gasteiger partial charge in [0.15, 0.2) is 0 Å². The minimum absolute atomic E-state index is 0. The van der Waals surface area contributed by atoms with E-state index in [1.54, 1.807) is 13.8 Å². The number of carbonyl (C=O) groups is 2. The van der Waals surface area contributed by atoms with Gasteiger partial charge in [-0.3, -0.25) is 0 Å². The molecule has 0 spiro atoms. The molecule has 8 nitrogen and oxygen atoms in total. The Balaban J connectivity index is -0.0000000182. The summed E-state index contributed by atoms with van der Waals surface area (Å²) in [6, 6.07) is 0. The molecule has 0 amide bonds. The standard InChI is InChI=1S/2C4H6O2.Co.4H2N/c2*1-2-3-4(5)6;;;;;/h2*2-3H,1H3,(H,5,6);;4*1H2/q;;+3;4*-1/p-2. The van der Waals surface area contributed by atoms with Crippen molar-refractivity contribution in [3.63, 3.8) is 0 Å². The van der Waals surface area contributed by atoms with Crippen LogP contribution >= 0.6 is 0 Å². The summed E-state index contributed by atoms with van der Waals surface area (Å²) in [4.78, 5) is 18.8. The van der Waals surface area contributed by atoms with Crippen LogP contribution in [0.1, 0.15) is 13.8 Å². The first-order valence-corrected chi connectivity index (χ1v) is 3.22. The smallest absolute Gasteiger partial charge is 0.693 e. The summed E-state index contributed by atoms with van der Waals surface area (Å²) in [5, 5.41) is 18.8. The van der Waals surface area contributed by atoms with Crippen molar-refractivity contribution in [2.24, 2.45) is 0 Å². The summed E-state index contributed by atoms with van der Waals surface area (Å²) < 4.78 is 0. The second-order valence-corrected chi connectivity index (χ2v) is 1.64. The Kier molecular flexibility index (Phi) is 95.8. The average Bonchev–Trinajstić information content (AvgIpc) is 1.87. The predicted molar refractivity (Wildman–Crippen MR) is 60.8 cm³/mol. The fourth-order valence-corrected chi connectivity index (χ4v) is 0.272. The largest absolute Gasteiger partial charge is 3.00 e. The van der Waals surface area contributed by atoms with Crippen LogP contribution in [0.4, 0.5) is 0 Å². The van der Waals surface area contributed by atoms with Crippen LogP contribution < -0.4 is 10.2 Å². The van der Waals surface area contributed by atoms with Gasteiger partial charge in [0.05, 0.1) is 11.9 Å². The van der Waals surface area contributed by atoms with Crippen LogP contribution in [-0.2, 0) is 26.4 Å².